The summed E-state index contributed by atoms with van der Waals surface area (Å²) in [5.74, 6) is -0.866. The van der Waals surface area contributed by atoms with E-state index in [0.29, 0.717) is 16.7 Å². The fourth-order valence-corrected chi connectivity index (χ4v) is 1.81. The molecule has 0 aliphatic rings. The zero-order chi connectivity index (χ0) is 14.9. The molecule has 5 nitrogen and oxygen atoms in total. The van der Waals surface area contributed by atoms with E-state index in [9.17, 15) is 9.59 Å². The molecule has 0 atom stereocenters. The topological polar surface area (TPSA) is 68.5 Å². The largest absolute Gasteiger partial charge is 0.454 e. The number of fused-ring (bicyclic) bond motifs is 1. The van der Waals surface area contributed by atoms with Gasteiger partial charge in [0, 0.05) is 12.3 Å². The fraction of sp³-hybridized carbons (Fsp3) is 0.333. The molecule has 2 rings (SSSR count). The molecule has 5 heteroatoms. The zero-order valence-corrected chi connectivity index (χ0v) is 11.9. The van der Waals surface area contributed by atoms with Crippen LogP contribution < -0.4 is 5.32 Å². The Morgan fingerprint density at radius 2 is 1.85 bits per heavy atom. The molecule has 0 fully saturated rings. The first kappa shape index (κ1) is 14.1. The van der Waals surface area contributed by atoms with Crippen LogP contribution in [0.15, 0.2) is 28.7 Å². The highest BCUT2D eigenvalue weighted by Crippen LogP contribution is 2.32. The Bertz CT molecular complexity index is 664. The summed E-state index contributed by atoms with van der Waals surface area (Å²) in [7, 11) is 0. The first-order valence-corrected chi connectivity index (χ1v) is 6.30. The van der Waals surface area contributed by atoms with Crippen LogP contribution in [0, 0.1) is 0 Å². The second-order valence-electron chi connectivity index (χ2n) is 5.49. The van der Waals surface area contributed by atoms with Crippen molar-refractivity contribution in [3.05, 3.63) is 30.0 Å². The summed E-state index contributed by atoms with van der Waals surface area (Å²) in [6, 6.07) is 7.11. The summed E-state index contributed by atoms with van der Waals surface area (Å²) in [5.41, 5.74) is 0.239. The number of anilines is 1. The first-order valence-electron chi connectivity index (χ1n) is 6.30. The van der Waals surface area contributed by atoms with Gasteiger partial charge in [-0.2, -0.15) is 0 Å². The summed E-state index contributed by atoms with van der Waals surface area (Å²) in [6.45, 7) is 6.68. The maximum atomic E-state index is 12.2. The van der Waals surface area contributed by atoms with E-state index in [0.717, 1.165) is 0 Å². The van der Waals surface area contributed by atoms with E-state index in [4.69, 9.17) is 9.15 Å². The third-order valence-corrected chi connectivity index (χ3v) is 2.48. The lowest BCUT2D eigenvalue weighted by atomic mass is 10.2. The fourth-order valence-electron chi connectivity index (χ4n) is 1.81. The molecule has 0 aliphatic heterocycles. The molecular weight excluding hydrogens is 258 g/mol. The normalized spacial score (nSPS) is 11.4. The molecule has 1 heterocycles. The molecule has 2 aromatic rings. The number of benzene rings is 1. The zero-order valence-electron chi connectivity index (χ0n) is 11.9. The Labute approximate surface area is 116 Å². The average molecular weight is 275 g/mol. The van der Waals surface area contributed by atoms with Gasteiger partial charge in [0.2, 0.25) is 11.7 Å². The van der Waals surface area contributed by atoms with Gasteiger partial charge in [-0.15, -0.1) is 0 Å². The van der Waals surface area contributed by atoms with E-state index in [2.05, 4.69) is 5.32 Å². The summed E-state index contributed by atoms with van der Waals surface area (Å²) in [4.78, 5) is 23.5. The lowest BCUT2D eigenvalue weighted by molar-refractivity contribution is -0.114. The van der Waals surface area contributed by atoms with Crippen LogP contribution in [0.4, 0.5) is 5.69 Å². The van der Waals surface area contributed by atoms with Gasteiger partial charge in [0.15, 0.2) is 0 Å². The van der Waals surface area contributed by atoms with Crippen LogP contribution in [0.25, 0.3) is 11.0 Å². The number of hydrogen-bond acceptors (Lipinski definition) is 4. The molecule has 0 aliphatic carbocycles. The van der Waals surface area contributed by atoms with Crippen molar-refractivity contribution < 1.29 is 18.7 Å². The third-order valence-electron chi connectivity index (χ3n) is 2.48. The number of amides is 1. The van der Waals surface area contributed by atoms with E-state index in [-0.39, 0.29) is 11.7 Å². The van der Waals surface area contributed by atoms with E-state index >= 15 is 0 Å². The van der Waals surface area contributed by atoms with Crippen molar-refractivity contribution in [2.45, 2.75) is 33.3 Å². The van der Waals surface area contributed by atoms with Gasteiger partial charge in [-0.05, 0) is 32.9 Å². The Balaban J connectivity index is 2.51. The molecule has 106 valence electrons. The maximum absolute atomic E-state index is 12.2. The van der Waals surface area contributed by atoms with Gasteiger partial charge in [0.25, 0.3) is 0 Å². The Morgan fingerprint density at radius 1 is 1.20 bits per heavy atom. The predicted octanol–water partition coefficient (Wildman–Crippen LogP) is 3.35. The molecule has 0 bridgehead atoms. The van der Waals surface area contributed by atoms with E-state index in [1.807, 2.05) is 6.07 Å². The highest BCUT2D eigenvalue weighted by Gasteiger charge is 2.26. The molecule has 0 radical (unpaired) electrons. The SMILES string of the molecule is CC(=O)Nc1c(C(=O)OC(C)(C)C)oc2ccccc12. The molecule has 1 aromatic heterocycles. The molecule has 0 saturated carbocycles. The molecule has 1 N–H and O–H groups in total. The van der Waals surface area contributed by atoms with Crippen molar-refractivity contribution in [2.24, 2.45) is 0 Å². The standard InChI is InChI=1S/C15H17NO4/c1-9(17)16-12-10-7-5-6-8-11(10)19-13(12)14(18)20-15(2,3)4/h5-8H,1-4H3,(H,16,17). The average Bonchev–Trinajstić information content (AvgIpc) is 2.66. The van der Waals surface area contributed by atoms with Gasteiger partial charge in [-0.3, -0.25) is 4.79 Å². The number of rotatable bonds is 2. The van der Waals surface area contributed by atoms with Crippen LogP contribution in [0.5, 0.6) is 0 Å². The highest BCUT2D eigenvalue weighted by atomic mass is 16.6. The second-order valence-corrected chi connectivity index (χ2v) is 5.49. The Morgan fingerprint density at radius 3 is 2.45 bits per heavy atom. The number of hydrogen-bond donors (Lipinski definition) is 1. The van der Waals surface area contributed by atoms with Crippen LogP contribution in [-0.2, 0) is 9.53 Å². The van der Waals surface area contributed by atoms with Gasteiger partial charge in [-0.1, -0.05) is 12.1 Å². The Kier molecular flexibility index (Phi) is 3.53. The smallest absolute Gasteiger partial charge is 0.377 e. The van der Waals surface area contributed by atoms with E-state index < -0.39 is 11.6 Å². The predicted molar refractivity (Wildman–Crippen MR) is 75.7 cm³/mol. The maximum Gasteiger partial charge on any atom is 0.377 e. The Hall–Kier alpha value is -2.30. The minimum atomic E-state index is -0.635. The molecule has 0 spiro atoms. The van der Waals surface area contributed by atoms with Crippen LogP contribution in [0.2, 0.25) is 0 Å². The number of para-hydroxylation sites is 1. The lowest BCUT2D eigenvalue weighted by Gasteiger charge is -2.18. The minimum absolute atomic E-state index is 0.0105. The van der Waals surface area contributed by atoms with Crippen molar-refractivity contribution in [1.82, 2.24) is 0 Å². The summed E-state index contributed by atoms with van der Waals surface area (Å²) in [5, 5.41) is 3.30. The second kappa shape index (κ2) is 5.00. The molecule has 1 amide bonds. The van der Waals surface area contributed by atoms with Crippen LogP contribution in [-0.4, -0.2) is 17.5 Å². The summed E-state index contributed by atoms with van der Waals surface area (Å²) >= 11 is 0. The summed E-state index contributed by atoms with van der Waals surface area (Å²) < 4.78 is 10.8. The number of furan rings is 1. The first-order chi connectivity index (χ1) is 9.28. The molecule has 0 saturated heterocycles. The van der Waals surface area contributed by atoms with Crippen molar-refractivity contribution in [2.75, 3.05) is 5.32 Å². The van der Waals surface area contributed by atoms with E-state index in [1.54, 1.807) is 39.0 Å². The van der Waals surface area contributed by atoms with Gasteiger partial charge in [0.05, 0.1) is 0 Å². The molecule has 0 unspecified atom stereocenters. The highest BCUT2D eigenvalue weighted by molar-refractivity contribution is 6.09. The van der Waals surface area contributed by atoms with Crippen molar-refractivity contribution >= 4 is 28.5 Å². The lowest BCUT2D eigenvalue weighted by Crippen LogP contribution is -2.24. The quantitative estimate of drug-likeness (QED) is 0.853. The van der Waals surface area contributed by atoms with Gasteiger partial charge in [0.1, 0.15) is 16.9 Å². The van der Waals surface area contributed by atoms with Gasteiger partial charge < -0.3 is 14.5 Å². The molecule has 1 aromatic carbocycles. The van der Waals surface area contributed by atoms with Crippen molar-refractivity contribution in [1.29, 1.82) is 0 Å². The van der Waals surface area contributed by atoms with Crippen molar-refractivity contribution in [3.63, 3.8) is 0 Å². The van der Waals surface area contributed by atoms with Crippen LogP contribution >= 0.6 is 0 Å². The molecule has 20 heavy (non-hydrogen) atoms. The third kappa shape index (κ3) is 2.99. The van der Waals surface area contributed by atoms with E-state index in [1.165, 1.54) is 6.92 Å². The minimum Gasteiger partial charge on any atom is -0.454 e. The van der Waals surface area contributed by atoms with Crippen LogP contribution in [0.1, 0.15) is 38.2 Å². The number of nitrogens with one attached hydrogen (secondary N) is 1. The summed E-state index contributed by atoms with van der Waals surface area (Å²) in [6.07, 6.45) is 0. The van der Waals surface area contributed by atoms with Gasteiger partial charge in [-0.25, -0.2) is 4.79 Å². The number of carbonyl (C=O) groups is 2. The van der Waals surface area contributed by atoms with Crippen LogP contribution in [0.3, 0.4) is 0 Å². The monoisotopic (exact) mass is 275 g/mol. The number of esters is 1. The molecular formula is C15H17NO4. The number of ether oxygens (including phenoxy) is 1. The van der Waals surface area contributed by atoms with Crippen molar-refractivity contribution in [3.8, 4) is 0 Å². The van der Waals surface area contributed by atoms with Gasteiger partial charge >= 0.3 is 5.97 Å². The number of carbonyl (C=O) groups excluding carboxylic acids is 2.